The first-order chi connectivity index (χ1) is 14.7. The number of fused-ring (bicyclic) bond motifs is 3. The zero-order valence-electron chi connectivity index (χ0n) is 16.8. The summed E-state index contributed by atoms with van der Waals surface area (Å²) in [7, 11) is 0. The number of aromatic amines is 1. The highest BCUT2D eigenvalue weighted by atomic mass is 32.2. The average Bonchev–Trinajstić information content (AvgIpc) is 3.52. The van der Waals surface area contributed by atoms with Crippen LogP contribution in [0.15, 0.2) is 35.1 Å². The van der Waals surface area contributed by atoms with Gasteiger partial charge in [-0.05, 0) is 55.6 Å². The normalized spacial score (nSPS) is 16.9. The van der Waals surface area contributed by atoms with Gasteiger partial charge in [-0.25, -0.2) is 4.98 Å². The Hall–Kier alpha value is -2.12. The molecule has 3 aromatic rings. The van der Waals surface area contributed by atoms with Crippen LogP contribution in [0, 0.1) is 5.92 Å². The van der Waals surface area contributed by atoms with E-state index in [9.17, 15) is 9.59 Å². The third kappa shape index (κ3) is 4.18. The van der Waals surface area contributed by atoms with Crippen LogP contribution in [0.2, 0.25) is 0 Å². The number of H-pyrrole nitrogens is 1. The second-order valence-electron chi connectivity index (χ2n) is 8.19. The Bertz CT molecular complexity index is 1120. The van der Waals surface area contributed by atoms with Gasteiger partial charge < -0.3 is 10.3 Å². The highest BCUT2D eigenvalue weighted by molar-refractivity contribution is 7.99. The first-order valence-electron chi connectivity index (χ1n) is 10.6. The maximum atomic E-state index is 12.6. The number of amides is 1. The molecule has 1 amide bonds. The minimum atomic E-state index is -0.0303. The largest absolute Gasteiger partial charge is 0.348 e. The molecular formula is C23H25N3O2S2. The Kier molecular flexibility index (Phi) is 5.65. The second-order valence-corrected chi connectivity index (χ2v) is 10.3. The van der Waals surface area contributed by atoms with Crippen molar-refractivity contribution in [1.29, 1.82) is 0 Å². The molecule has 1 atom stereocenters. The number of hydrogen-bond donors (Lipinski definition) is 2. The molecule has 2 N–H and O–H groups in total. The zero-order valence-corrected chi connectivity index (χ0v) is 18.4. The molecule has 1 saturated carbocycles. The second kappa shape index (κ2) is 8.55. The topological polar surface area (TPSA) is 74.8 Å². The molecule has 0 unspecified atom stereocenters. The number of thiophene rings is 1. The van der Waals surface area contributed by atoms with Gasteiger partial charge in [0.05, 0.1) is 22.9 Å². The number of rotatable bonds is 7. The first-order valence-corrected chi connectivity index (χ1v) is 12.6. The molecule has 0 bridgehead atoms. The average molecular weight is 440 g/mol. The molecule has 2 aliphatic rings. The Morgan fingerprint density at radius 1 is 1.23 bits per heavy atom. The van der Waals surface area contributed by atoms with Crippen molar-refractivity contribution < 1.29 is 4.79 Å². The minimum absolute atomic E-state index is 0.0303. The number of aryl methyl sites for hydroxylation is 2. The molecule has 1 aromatic carbocycles. The predicted octanol–water partition coefficient (Wildman–Crippen LogP) is 4.36. The van der Waals surface area contributed by atoms with E-state index in [1.165, 1.54) is 47.0 Å². The molecule has 2 heterocycles. The molecule has 1 fully saturated rings. The maximum Gasteiger partial charge on any atom is 0.259 e. The van der Waals surface area contributed by atoms with Gasteiger partial charge in [-0.2, -0.15) is 0 Å². The fourth-order valence-electron chi connectivity index (χ4n) is 4.30. The lowest BCUT2D eigenvalue weighted by atomic mass is 9.97. The van der Waals surface area contributed by atoms with Gasteiger partial charge in [0.15, 0.2) is 0 Å². The van der Waals surface area contributed by atoms with E-state index in [2.05, 4.69) is 22.4 Å². The lowest BCUT2D eigenvalue weighted by molar-refractivity contribution is -0.119. The molecule has 2 aliphatic carbocycles. The SMILES string of the molecule is O=C(CSCc1nc2sc3c(c2c(=O)[nH]1)CCCC3)N[C@@H](c1ccccc1)C1CC1. The number of carbonyl (C=O) groups is 1. The highest BCUT2D eigenvalue weighted by Crippen LogP contribution is 2.41. The fourth-order valence-corrected chi connectivity index (χ4v) is 6.28. The molecule has 0 spiro atoms. The van der Waals surface area contributed by atoms with Crippen LogP contribution in [0.1, 0.15) is 53.6 Å². The van der Waals surface area contributed by atoms with Crippen molar-refractivity contribution in [3.8, 4) is 0 Å². The molecule has 5 nitrogen and oxygen atoms in total. The van der Waals surface area contributed by atoms with Gasteiger partial charge in [0, 0.05) is 4.88 Å². The lowest BCUT2D eigenvalue weighted by Gasteiger charge is -2.18. The third-order valence-electron chi connectivity index (χ3n) is 5.91. The van der Waals surface area contributed by atoms with Gasteiger partial charge in [-0.15, -0.1) is 23.1 Å². The van der Waals surface area contributed by atoms with Gasteiger partial charge in [-0.3, -0.25) is 9.59 Å². The van der Waals surface area contributed by atoms with Crippen molar-refractivity contribution in [3.63, 3.8) is 0 Å². The summed E-state index contributed by atoms with van der Waals surface area (Å²) in [4.78, 5) is 35.0. The Morgan fingerprint density at radius 3 is 2.83 bits per heavy atom. The van der Waals surface area contributed by atoms with Crippen LogP contribution < -0.4 is 10.9 Å². The van der Waals surface area contributed by atoms with Gasteiger partial charge in [0.1, 0.15) is 10.7 Å². The summed E-state index contributed by atoms with van der Waals surface area (Å²) in [6, 6.07) is 10.3. The van der Waals surface area contributed by atoms with E-state index in [4.69, 9.17) is 4.98 Å². The van der Waals surface area contributed by atoms with E-state index in [0.29, 0.717) is 23.2 Å². The first kappa shape index (κ1) is 19.8. The standard InChI is InChI=1S/C23H25N3O2S2/c27-19(26-21(15-10-11-15)14-6-2-1-3-7-14)13-29-12-18-24-22(28)20-16-8-4-5-9-17(16)30-23(20)25-18/h1-3,6-7,15,21H,4-5,8-13H2,(H,26,27)(H,24,25,28)/t21-/m0/s1. The van der Waals surface area contributed by atoms with E-state index in [0.717, 1.165) is 29.5 Å². The van der Waals surface area contributed by atoms with E-state index >= 15 is 0 Å². The van der Waals surface area contributed by atoms with Crippen LogP contribution in [0.5, 0.6) is 0 Å². The van der Waals surface area contributed by atoms with Crippen LogP contribution >= 0.6 is 23.1 Å². The van der Waals surface area contributed by atoms with E-state index in [-0.39, 0.29) is 17.5 Å². The van der Waals surface area contributed by atoms with Crippen LogP contribution in [0.4, 0.5) is 0 Å². The molecule has 30 heavy (non-hydrogen) atoms. The zero-order chi connectivity index (χ0) is 20.5. The quantitative estimate of drug-likeness (QED) is 0.573. The van der Waals surface area contributed by atoms with Crippen LogP contribution in [-0.4, -0.2) is 21.6 Å². The smallest absolute Gasteiger partial charge is 0.259 e. The van der Waals surface area contributed by atoms with Crippen molar-refractivity contribution in [2.24, 2.45) is 5.92 Å². The highest BCUT2D eigenvalue weighted by Gasteiger charge is 2.33. The van der Waals surface area contributed by atoms with Crippen molar-refractivity contribution in [1.82, 2.24) is 15.3 Å². The van der Waals surface area contributed by atoms with E-state index in [1.54, 1.807) is 11.3 Å². The number of nitrogens with zero attached hydrogens (tertiary/aromatic N) is 1. The minimum Gasteiger partial charge on any atom is -0.348 e. The number of thioether (sulfide) groups is 1. The van der Waals surface area contributed by atoms with Gasteiger partial charge in [-0.1, -0.05) is 30.3 Å². The van der Waals surface area contributed by atoms with E-state index in [1.807, 2.05) is 18.2 Å². The molecule has 5 rings (SSSR count). The summed E-state index contributed by atoms with van der Waals surface area (Å²) < 4.78 is 0. The summed E-state index contributed by atoms with van der Waals surface area (Å²) in [6.45, 7) is 0. The number of aromatic nitrogens is 2. The number of benzene rings is 1. The summed E-state index contributed by atoms with van der Waals surface area (Å²) in [5, 5.41) is 3.99. The maximum absolute atomic E-state index is 12.6. The molecule has 156 valence electrons. The Labute approximate surface area is 183 Å². The molecule has 0 aliphatic heterocycles. The summed E-state index contributed by atoms with van der Waals surface area (Å²) in [6.07, 6.45) is 6.73. The summed E-state index contributed by atoms with van der Waals surface area (Å²) >= 11 is 3.16. The van der Waals surface area contributed by atoms with Crippen LogP contribution in [0.25, 0.3) is 10.2 Å². The molecule has 2 aromatic heterocycles. The Balaban J connectivity index is 1.22. The molecule has 0 saturated heterocycles. The lowest BCUT2D eigenvalue weighted by Crippen LogP contribution is -2.31. The van der Waals surface area contributed by atoms with Gasteiger partial charge in [0.2, 0.25) is 5.91 Å². The van der Waals surface area contributed by atoms with E-state index < -0.39 is 0 Å². The monoisotopic (exact) mass is 439 g/mol. The summed E-state index contributed by atoms with van der Waals surface area (Å²) in [5.41, 5.74) is 2.36. The third-order valence-corrected chi connectivity index (χ3v) is 8.04. The van der Waals surface area contributed by atoms with Crippen LogP contribution in [-0.2, 0) is 23.4 Å². The fraction of sp³-hybridized carbons (Fsp3) is 0.435. The molecular weight excluding hydrogens is 414 g/mol. The van der Waals surface area contributed by atoms with Gasteiger partial charge >= 0.3 is 0 Å². The van der Waals surface area contributed by atoms with Crippen molar-refractivity contribution in [3.05, 3.63) is 62.5 Å². The van der Waals surface area contributed by atoms with Crippen molar-refractivity contribution in [2.75, 3.05) is 5.75 Å². The van der Waals surface area contributed by atoms with Crippen LogP contribution in [0.3, 0.4) is 0 Å². The number of carbonyl (C=O) groups excluding carboxylic acids is 1. The van der Waals surface area contributed by atoms with Crippen molar-refractivity contribution >= 4 is 39.2 Å². The molecule has 0 radical (unpaired) electrons. The molecule has 7 heteroatoms. The predicted molar refractivity (Wildman–Crippen MR) is 123 cm³/mol. The Morgan fingerprint density at radius 2 is 2.03 bits per heavy atom. The number of nitrogens with one attached hydrogen (secondary N) is 2. The van der Waals surface area contributed by atoms with Gasteiger partial charge in [0.25, 0.3) is 5.56 Å². The van der Waals surface area contributed by atoms with Crippen molar-refractivity contribution in [2.45, 2.75) is 50.3 Å². The number of hydrogen-bond acceptors (Lipinski definition) is 5. The summed E-state index contributed by atoms with van der Waals surface area (Å²) in [5.74, 6) is 2.13.